The van der Waals surface area contributed by atoms with E-state index < -0.39 is 0 Å². The Balaban J connectivity index is 2.50. The lowest BCUT2D eigenvalue weighted by atomic mass is 10.3. The van der Waals surface area contributed by atoms with Crippen LogP contribution in [-0.4, -0.2) is 37.7 Å². The summed E-state index contributed by atoms with van der Waals surface area (Å²) < 4.78 is 9.99. The maximum absolute atomic E-state index is 11.9. The van der Waals surface area contributed by atoms with E-state index in [0.717, 1.165) is 12.0 Å². The minimum atomic E-state index is -0.0647. The fourth-order valence-electron chi connectivity index (χ4n) is 1.40. The number of hydrogen-bond donors (Lipinski definition) is 1. The molecule has 0 aliphatic carbocycles. The van der Waals surface area contributed by atoms with Gasteiger partial charge in [0.2, 0.25) is 0 Å². The van der Waals surface area contributed by atoms with Gasteiger partial charge in [-0.2, -0.15) is 0 Å². The van der Waals surface area contributed by atoms with Gasteiger partial charge in [0, 0.05) is 25.8 Å². The van der Waals surface area contributed by atoms with Gasteiger partial charge in [-0.05, 0) is 12.5 Å². The third-order valence-electron chi connectivity index (χ3n) is 2.33. The summed E-state index contributed by atoms with van der Waals surface area (Å²) in [6.45, 7) is 4.34. The Morgan fingerprint density at radius 3 is 3.00 bits per heavy atom. The first-order valence-electron chi connectivity index (χ1n) is 5.80. The highest BCUT2D eigenvalue weighted by Gasteiger charge is 2.13. The Morgan fingerprint density at radius 2 is 2.41 bits per heavy atom. The summed E-state index contributed by atoms with van der Waals surface area (Å²) >= 11 is 0. The van der Waals surface area contributed by atoms with E-state index in [9.17, 15) is 4.79 Å². The molecular formula is C12H20N2O3. The van der Waals surface area contributed by atoms with E-state index in [-0.39, 0.29) is 6.03 Å². The van der Waals surface area contributed by atoms with Crippen molar-refractivity contribution in [3.8, 4) is 0 Å². The molecule has 0 saturated carbocycles. The molecule has 0 aliphatic heterocycles. The van der Waals surface area contributed by atoms with Gasteiger partial charge in [-0.15, -0.1) is 0 Å². The van der Waals surface area contributed by atoms with Gasteiger partial charge in [0.1, 0.15) is 0 Å². The first kappa shape index (κ1) is 13.6. The number of methoxy groups -OCH3 is 1. The van der Waals surface area contributed by atoms with E-state index in [0.29, 0.717) is 26.2 Å². The number of furan rings is 1. The molecule has 0 bridgehead atoms. The molecule has 1 N–H and O–H groups in total. The quantitative estimate of drug-likeness (QED) is 0.791. The van der Waals surface area contributed by atoms with E-state index in [4.69, 9.17) is 9.15 Å². The van der Waals surface area contributed by atoms with Gasteiger partial charge in [-0.1, -0.05) is 6.92 Å². The van der Waals surface area contributed by atoms with Gasteiger partial charge in [-0.3, -0.25) is 0 Å². The Morgan fingerprint density at radius 1 is 1.59 bits per heavy atom. The third kappa shape index (κ3) is 4.91. The van der Waals surface area contributed by atoms with Crippen LogP contribution in [0.2, 0.25) is 0 Å². The van der Waals surface area contributed by atoms with Crippen LogP contribution >= 0.6 is 0 Å². The lowest BCUT2D eigenvalue weighted by Crippen LogP contribution is -2.41. The van der Waals surface area contributed by atoms with Crippen molar-refractivity contribution in [1.82, 2.24) is 10.2 Å². The molecule has 0 unspecified atom stereocenters. The van der Waals surface area contributed by atoms with Gasteiger partial charge in [0.05, 0.1) is 25.7 Å². The summed E-state index contributed by atoms with van der Waals surface area (Å²) in [5.74, 6) is 0. The molecule has 96 valence electrons. The minimum absolute atomic E-state index is 0.0647. The largest absolute Gasteiger partial charge is 0.472 e. The van der Waals surface area contributed by atoms with Crippen LogP contribution in [0, 0.1) is 0 Å². The van der Waals surface area contributed by atoms with Crippen LogP contribution < -0.4 is 5.32 Å². The van der Waals surface area contributed by atoms with E-state index in [1.54, 1.807) is 24.5 Å². The maximum Gasteiger partial charge on any atom is 0.317 e. The molecule has 0 radical (unpaired) electrons. The smallest absolute Gasteiger partial charge is 0.317 e. The SMILES string of the molecule is CCCNC(=O)N(CCOC)Cc1ccoc1. The van der Waals surface area contributed by atoms with Gasteiger partial charge in [0.25, 0.3) is 0 Å². The Hall–Kier alpha value is -1.49. The van der Waals surface area contributed by atoms with Crippen LogP contribution in [0.5, 0.6) is 0 Å². The van der Waals surface area contributed by atoms with Crippen molar-refractivity contribution in [1.29, 1.82) is 0 Å². The monoisotopic (exact) mass is 240 g/mol. The number of rotatable bonds is 7. The van der Waals surface area contributed by atoms with Crippen molar-refractivity contribution in [3.05, 3.63) is 24.2 Å². The van der Waals surface area contributed by atoms with Crippen LogP contribution in [0.4, 0.5) is 4.79 Å². The lowest BCUT2D eigenvalue weighted by Gasteiger charge is -2.22. The fourth-order valence-corrected chi connectivity index (χ4v) is 1.40. The number of amides is 2. The molecule has 0 spiro atoms. The van der Waals surface area contributed by atoms with Crippen LogP contribution in [0.15, 0.2) is 23.0 Å². The van der Waals surface area contributed by atoms with Crippen molar-refractivity contribution in [2.45, 2.75) is 19.9 Å². The molecular weight excluding hydrogens is 220 g/mol. The van der Waals surface area contributed by atoms with Gasteiger partial charge in [-0.25, -0.2) is 4.79 Å². The van der Waals surface area contributed by atoms with Gasteiger partial charge < -0.3 is 19.4 Å². The van der Waals surface area contributed by atoms with Crippen LogP contribution in [-0.2, 0) is 11.3 Å². The molecule has 2 amide bonds. The normalized spacial score (nSPS) is 10.2. The zero-order valence-corrected chi connectivity index (χ0v) is 10.4. The average Bonchev–Trinajstić information content (AvgIpc) is 2.84. The number of carbonyl (C=O) groups is 1. The molecule has 0 fully saturated rings. The number of nitrogens with zero attached hydrogens (tertiary/aromatic N) is 1. The highest BCUT2D eigenvalue weighted by molar-refractivity contribution is 5.74. The Kier molecular flexibility index (Phi) is 6.17. The minimum Gasteiger partial charge on any atom is -0.472 e. The topological polar surface area (TPSA) is 54.7 Å². The molecule has 0 saturated heterocycles. The molecule has 1 rings (SSSR count). The van der Waals surface area contributed by atoms with Crippen molar-refractivity contribution >= 4 is 6.03 Å². The number of urea groups is 1. The number of nitrogens with one attached hydrogen (secondary N) is 1. The van der Waals surface area contributed by atoms with Gasteiger partial charge in [0.15, 0.2) is 0 Å². The number of ether oxygens (including phenoxy) is 1. The first-order chi connectivity index (χ1) is 8.27. The molecule has 0 aromatic carbocycles. The van der Waals surface area contributed by atoms with E-state index in [1.807, 2.05) is 13.0 Å². The van der Waals surface area contributed by atoms with Crippen molar-refractivity contribution in [2.24, 2.45) is 0 Å². The fraction of sp³-hybridized carbons (Fsp3) is 0.583. The maximum atomic E-state index is 11.9. The second-order valence-electron chi connectivity index (χ2n) is 3.78. The van der Waals surface area contributed by atoms with Crippen LogP contribution in [0.3, 0.4) is 0 Å². The molecule has 17 heavy (non-hydrogen) atoms. The highest BCUT2D eigenvalue weighted by Crippen LogP contribution is 2.05. The standard InChI is InChI=1S/C12H20N2O3/c1-3-5-13-12(15)14(6-8-16-2)9-11-4-7-17-10-11/h4,7,10H,3,5-6,8-9H2,1-2H3,(H,13,15). The number of carbonyl (C=O) groups excluding carboxylic acids is 1. The van der Waals surface area contributed by atoms with E-state index in [1.165, 1.54) is 0 Å². The summed E-state index contributed by atoms with van der Waals surface area (Å²) in [6, 6.07) is 1.79. The average molecular weight is 240 g/mol. The van der Waals surface area contributed by atoms with E-state index in [2.05, 4.69) is 5.32 Å². The molecule has 0 aliphatic rings. The molecule has 1 heterocycles. The molecule has 5 heteroatoms. The molecule has 1 aromatic rings. The molecule has 0 atom stereocenters. The Labute approximate surface area is 102 Å². The number of hydrogen-bond acceptors (Lipinski definition) is 3. The summed E-state index contributed by atoms with van der Waals surface area (Å²) in [6.07, 6.45) is 4.18. The summed E-state index contributed by atoms with van der Waals surface area (Å²) in [5.41, 5.74) is 0.979. The summed E-state index contributed by atoms with van der Waals surface area (Å²) in [7, 11) is 1.62. The second-order valence-corrected chi connectivity index (χ2v) is 3.78. The van der Waals surface area contributed by atoms with Crippen molar-refractivity contribution in [3.63, 3.8) is 0 Å². The summed E-state index contributed by atoms with van der Waals surface area (Å²) in [4.78, 5) is 13.6. The predicted octanol–water partition coefficient (Wildman–Crippen LogP) is 1.85. The Bertz CT molecular complexity index is 312. The van der Waals surface area contributed by atoms with Crippen LogP contribution in [0.1, 0.15) is 18.9 Å². The van der Waals surface area contributed by atoms with E-state index >= 15 is 0 Å². The van der Waals surface area contributed by atoms with Crippen LogP contribution in [0.25, 0.3) is 0 Å². The molecule has 1 aromatic heterocycles. The predicted molar refractivity (Wildman–Crippen MR) is 64.7 cm³/mol. The zero-order valence-electron chi connectivity index (χ0n) is 10.4. The lowest BCUT2D eigenvalue weighted by molar-refractivity contribution is 0.146. The van der Waals surface area contributed by atoms with Gasteiger partial charge >= 0.3 is 6.03 Å². The van der Waals surface area contributed by atoms with Crippen molar-refractivity contribution in [2.75, 3.05) is 26.8 Å². The summed E-state index contributed by atoms with van der Waals surface area (Å²) in [5, 5.41) is 2.85. The van der Waals surface area contributed by atoms with Crippen molar-refractivity contribution < 1.29 is 13.9 Å². The zero-order chi connectivity index (χ0) is 12.5. The third-order valence-corrected chi connectivity index (χ3v) is 2.33. The second kappa shape index (κ2) is 7.73. The first-order valence-corrected chi connectivity index (χ1v) is 5.80. The molecule has 5 nitrogen and oxygen atoms in total. The highest BCUT2D eigenvalue weighted by atomic mass is 16.5.